The zero-order valence-corrected chi connectivity index (χ0v) is 12.0. The molecular weight excluding hydrogens is 228 g/mol. The highest BCUT2D eigenvalue weighted by molar-refractivity contribution is 4.81. The summed E-state index contributed by atoms with van der Waals surface area (Å²) in [5.74, 6) is 0.558. The topological polar surface area (TPSA) is 44.7 Å². The molecule has 1 aliphatic heterocycles. The van der Waals surface area contributed by atoms with E-state index in [2.05, 4.69) is 24.1 Å². The Kier molecular flexibility index (Phi) is 8.59. The lowest BCUT2D eigenvalue weighted by Crippen LogP contribution is -2.48. The minimum absolute atomic E-state index is 0.253. The molecule has 4 heteroatoms. The Balaban J connectivity index is 2.42. The van der Waals surface area contributed by atoms with Crippen LogP contribution in [0.2, 0.25) is 0 Å². The van der Waals surface area contributed by atoms with Crippen LogP contribution >= 0.6 is 0 Å². The summed E-state index contributed by atoms with van der Waals surface area (Å²) >= 11 is 0. The van der Waals surface area contributed by atoms with Crippen molar-refractivity contribution in [2.45, 2.75) is 39.2 Å². The van der Waals surface area contributed by atoms with Crippen molar-refractivity contribution in [1.82, 2.24) is 10.2 Å². The van der Waals surface area contributed by atoms with E-state index in [1.165, 1.54) is 12.8 Å². The monoisotopic (exact) mass is 258 g/mol. The summed E-state index contributed by atoms with van der Waals surface area (Å²) in [6.45, 7) is 10.3. The van der Waals surface area contributed by atoms with Crippen LogP contribution in [0.5, 0.6) is 0 Å². The third-order valence-corrected chi connectivity index (χ3v) is 3.68. The number of aliphatic hydroxyl groups is 1. The van der Waals surface area contributed by atoms with Gasteiger partial charge in [-0.1, -0.05) is 20.3 Å². The van der Waals surface area contributed by atoms with E-state index in [-0.39, 0.29) is 6.61 Å². The predicted molar refractivity (Wildman–Crippen MR) is 74.8 cm³/mol. The number of ether oxygens (including phenoxy) is 1. The van der Waals surface area contributed by atoms with Gasteiger partial charge in [-0.05, 0) is 25.9 Å². The summed E-state index contributed by atoms with van der Waals surface area (Å²) in [6.07, 6.45) is 3.53. The number of rotatable bonds is 9. The fourth-order valence-electron chi connectivity index (χ4n) is 2.66. The number of nitrogens with one attached hydrogen (secondary N) is 1. The van der Waals surface area contributed by atoms with Gasteiger partial charge in [0.05, 0.1) is 13.2 Å². The van der Waals surface area contributed by atoms with Gasteiger partial charge >= 0.3 is 0 Å². The zero-order chi connectivity index (χ0) is 13.2. The van der Waals surface area contributed by atoms with Crippen molar-refractivity contribution < 1.29 is 9.84 Å². The molecule has 2 N–H and O–H groups in total. The highest BCUT2D eigenvalue weighted by Gasteiger charge is 2.26. The van der Waals surface area contributed by atoms with E-state index in [0.29, 0.717) is 12.0 Å². The average Bonchev–Trinajstić information content (AvgIpc) is 2.39. The maximum absolute atomic E-state index is 9.15. The van der Waals surface area contributed by atoms with Gasteiger partial charge in [0.1, 0.15) is 0 Å². The Morgan fingerprint density at radius 2 is 2.17 bits per heavy atom. The molecule has 0 saturated carbocycles. The van der Waals surface area contributed by atoms with Gasteiger partial charge in [0.15, 0.2) is 0 Å². The molecule has 0 spiro atoms. The Morgan fingerprint density at radius 3 is 2.83 bits per heavy atom. The third-order valence-electron chi connectivity index (χ3n) is 3.68. The summed E-state index contributed by atoms with van der Waals surface area (Å²) in [7, 11) is 0. The van der Waals surface area contributed by atoms with Crippen molar-refractivity contribution in [3.63, 3.8) is 0 Å². The molecule has 108 valence electrons. The zero-order valence-electron chi connectivity index (χ0n) is 12.0. The molecule has 0 amide bonds. The first-order valence-corrected chi connectivity index (χ1v) is 7.46. The number of nitrogens with zero attached hydrogens (tertiary/aromatic N) is 1. The summed E-state index contributed by atoms with van der Waals surface area (Å²) in [5, 5.41) is 12.7. The molecule has 0 radical (unpaired) electrons. The molecule has 2 atom stereocenters. The van der Waals surface area contributed by atoms with E-state index in [1.54, 1.807) is 0 Å². The molecule has 4 nitrogen and oxygen atoms in total. The molecule has 0 aromatic carbocycles. The molecule has 0 aromatic rings. The van der Waals surface area contributed by atoms with Crippen LogP contribution in [0, 0.1) is 5.92 Å². The number of hydrogen-bond acceptors (Lipinski definition) is 4. The number of unbranched alkanes of at least 4 members (excludes halogenated alkanes) is 1. The van der Waals surface area contributed by atoms with Crippen LogP contribution in [0.1, 0.15) is 33.1 Å². The van der Waals surface area contributed by atoms with Crippen LogP contribution in [0.4, 0.5) is 0 Å². The van der Waals surface area contributed by atoms with Gasteiger partial charge in [0.25, 0.3) is 0 Å². The average molecular weight is 258 g/mol. The van der Waals surface area contributed by atoms with Gasteiger partial charge in [0, 0.05) is 31.7 Å². The minimum Gasteiger partial charge on any atom is -0.395 e. The Morgan fingerprint density at radius 1 is 1.33 bits per heavy atom. The van der Waals surface area contributed by atoms with Crippen LogP contribution in [-0.2, 0) is 4.74 Å². The van der Waals surface area contributed by atoms with E-state index in [1.807, 2.05) is 0 Å². The largest absolute Gasteiger partial charge is 0.395 e. The fourth-order valence-corrected chi connectivity index (χ4v) is 2.66. The summed E-state index contributed by atoms with van der Waals surface area (Å²) < 4.78 is 5.61. The molecule has 1 saturated heterocycles. The van der Waals surface area contributed by atoms with Gasteiger partial charge < -0.3 is 20.1 Å². The van der Waals surface area contributed by atoms with Crippen molar-refractivity contribution in [1.29, 1.82) is 0 Å². The van der Waals surface area contributed by atoms with E-state index in [0.717, 1.165) is 45.8 Å². The normalized spacial score (nSPS) is 24.7. The van der Waals surface area contributed by atoms with Gasteiger partial charge in [-0.3, -0.25) is 0 Å². The van der Waals surface area contributed by atoms with Crippen LogP contribution in [0.15, 0.2) is 0 Å². The van der Waals surface area contributed by atoms with Crippen LogP contribution < -0.4 is 5.32 Å². The maximum atomic E-state index is 9.15. The van der Waals surface area contributed by atoms with Crippen LogP contribution in [0.25, 0.3) is 0 Å². The standard InChI is InChI=1S/C14H30N2O2/c1-3-5-7-16(8-9-17)11-13-12-18-10-6-14(13)15-4-2/h13-15,17H,3-12H2,1-2H3. The first-order chi connectivity index (χ1) is 8.81. The molecule has 1 heterocycles. The molecule has 1 fully saturated rings. The van der Waals surface area contributed by atoms with Gasteiger partial charge in [0.2, 0.25) is 0 Å². The molecule has 0 bridgehead atoms. The van der Waals surface area contributed by atoms with Crippen molar-refractivity contribution in [2.24, 2.45) is 5.92 Å². The molecule has 2 unspecified atom stereocenters. The van der Waals surface area contributed by atoms with Gasteiger partial charge in [-0.25, -0.2) is 0 Å². The predicted octanol–water partition coefficient (Wildman–Crippen LogP) is 1.10. The quantitative estimate of drug-likeness (QED) is 0.650. The first-order valence-electron chi connectivity index (χ1n) is 7.46. The molecule has 18 heavy (non-hydrogen) atoms. The number of aliphatic hydroxyl groups excluding tert-OH is 1. The van der Waals surface area contributed by atoms with Crippen molar-refractivity contribution >= 4 is 0 Å². The molecule has 0 aromatic heterocycles. The Hall–Kier alpha value is -0.160. The lowest BCUT2D eigenvalue weighted by atomic mass is 9.95. The molecule has 0 aliphatic carbocycles. The Bertz CT molecular complexity index is 200. The first kappa shape index (κ1) is 15.9. The number of hydrogen-bond donors (Lipinski definition) is 2. The van der Waals surface area contributed by atoms with E-state index < -0.39 is 0 Å². The van der Waals surface area contributed by atoms with Gasteiger partial charge in [-0.15, -0.1) is 0 Å². The summed E-state index contributed by atoms with van der Waals surface area (Å²) in [5.41, 5.74) is 0. The second kappa shape index (κ2) is 9.73. The second-order valence-electron chi connectivity index (χ2n) is 5.17. The Labute approximate surface area is 112 Å². The molecule has 1 aliphatic rings. The van der Waals surface area contributed by atoms with E-state index in [4.69, 9.17) is 9.84 Å². The maximum Gasteiger partial charge on any atom is 0.0558 e. The van der Waals surface area contributed by atoms with E-state index >= 15 is 0 Å². The van der Waals surface area contributed by atoms with Crippen molar-refractivity contribution in [3.8, 4) is 0 Å². The van der Waals surface area contributed by atoms with Crippen LogP contribution in [0.3, 0.4) is 0 Å². The minimum atomic E-state index is 0.253. The summed E-state index contributed by atoms with van der Waals surface area (Å²) in [6, 6.07) is 0.576. The SMILES string of the molecule is CCCCN(CCO)CC1COCCC1NCC. The molecular formula is C14H30N2O2. The van der Waals surface area contributed by atoms with Crippen molar-refractivity contribution in [2.75, 3.05) is 46.0 Å². The second-order valence-corrected chi connectivity index (χ2v) is 5.17. The van der Waals surface area contributed by atoms with E-state index in [9.17, 15) is 0 Å². The fraction of sp³-hybridized carbons (Fsp3) is 1.00. The highest BCUT2D eigenvalue weighted by Crippen LogP contribution is 2.16. The summed E-state index contributed by atoms with van der Waals surface area (Å²) in [4.78, 5) is 2.38. The lowest BCUT2D eigenvalue weighted by molar-refractivity contribution is 0.0147. The van der Waals surface area contributed by atoms with Crippen LogP contribution in [-0.4, -0.2) is 62.0 Å². The molecule has 1 rings (SSSR count). The lowest BCUT2D eigenvalue weighted by Gasteiger charge is -2.35. The highest BCUT2D eigenvalue weighted by atomic mass is 16.5. The van der Waals surface area contributed by atoms with Gasteiger partial charge in [-0.2, -0.15) is 0 Å². The third kappa shape index (κ3) is 5.65. The van der Waals surface area contributed by atoms with Crippen molar-refractivity contribution in [3.05, 3.63) is 0 Å². The smallest absolute Gasteiger partial charge is 0.0558 e.